The molecule has 0 aromatic carbocycles. The summed E-state index contributed by atoms with van der Waals surface area (Å²) < 4.78 is 0. The predicted molar refractivity (Wildman–Crippen MR) is 46.0 cm³/mol. The minimum atomic E-state index is -0.171. The molecule has 1 amide bonds. The molecule has 0 radical (unpaired) electrons. The van der Waals surface area contributed by atoms with Crippen LogP contribution in [0.5, 0.6) is 0 Å². The van der Waals surface area contributed by atoms with Crippen molar-refractivity contribution in [2.45, 2.75) is 19.4 Å². The summed E-state index contributed by atoms with van der Waals surface area (Å²) in [4.78, 5) is 21.9. The third-order valence-electron chi connectivity index (χ3n) is 2.05. The molecule has 3 N–H and O–H groups in total. The summed E-state index contributed by atoms with van der Waals surface area (Å²) in [7, 11) is 0. The Morgan fingerprint density at radius 1 is 1.54 bits per heavy atom. The normalized spacial score (nSPS) is 15.7. The van der Waals surface area contributed by atoms with Crippen LogP contribution in [0.3, 0.4) is 0 Å². The van der Waals surface area contributed by atoms with E-state index in [0.717, 1.165) is 12.8 Å². The molecule has 70 valence electrons. The molecule has 0 bridgehead atoms. The first-order chi connectivity index (χ1) is 6.25. The Morgan fingerprint density at radius 2 is 2.31 bits per heavy atom. The highest BCUT2D eigenvalue weighted by atomic mass is 16.2. The largest absolute Gasteiger partial charge is 0.350 e. The van der Waals surface area contributed by atoms with Crippen LogP contribution in [0.4, 0.5) is 0 Å². The second kappa shape index (κ2) is 3.08. The van der Waals surface area contributed by atoms with Crippen molar-refractivity contribution in [3.63, 3.8) is 0 Å². The average molecular weight is 181 g/mol. The number of carbonyl (C=O) groups excluding carboxylic acids is 1. The zero-order valence-electron chi connectivity index (χ0n) is 7.09. The summed E-state index contributed by atoms with van der Waals surface area (Å²) in [6, 6.07) is 1.44. The van der Waals surface area contributed by atoms with Crippen molar-refractivity contribution in [2.24, 2.45) is 5.92 Å². The fraction of sp³-hybridized carbons (Fsp3) is 0.500. The lowest BCUT2D eigenvalue weighted by molar-refractivity contribution is -0.122. The van der Waals surface area contributed by atoms with Gasteiger partial charge in [-0.1, -0.05) is 0 Å². The van der Waals surface area contributed by atoms with Gasteiger partial charge in [-0.25, -0.2) is 0 Å². The van der Waals surface area contributed by atoms with Crippen LogP contribution < -0.4 is 10.9 Å². The Kier molecular flexibility index (Phi) is 1.92. The van der Waals surface area contributed by atoms with Gasteiger partial charge in [-0.3, -0.25) is 14.7 Å². The summed E-state index contributed by atoms with van der Waals surface area (Å²) in [5.74, 6) is 0.299. The van der Waals surface area contributed by atoms with Gasteiger partial charge in [-0.05, 0) is 12.8 Å². The summed E-state index contributed by atoms with van der Waals surface area (Å²) in [6.07, 6.45) is 1.99. The molecule has 5 nitrogen and oxygen atoms in total. The van der Waals surface area contributed by atoms with Crippen LogP contribution in [0.15, 0.2) is 10.9 Å². The van der Waals surface area contributed by atoms with Crippen LogP contribution in [-0.4, -0.2) is 16.1 Å². The Hall–Kier alpha value is -1.52. The van der Waals surface area contributed by atoms with Crippen molar-refractivity contribution in [1.82, 2.24) is 15.5 Å². The number of carbonyl (C=O) groups is 1. The topological polar surface area (TPSA) is 77.8 Å². The number of hydrogen-bond donors (Lipinski definition) is 3. The molecule has 0 spiro atoms. The highest BCUT2D eigenvalue weighted by Gasteiger charge is 2.29. The Morgan fingerprint density at radius 3 is 2.85 bits per heavy atom. The maximum Gasteiger partial charge on any atom is 0.264 e. The van der Waals surface area contributed by atoms with Crippen molar-refractivity contribution in [3.8, 4) is 0 Å². The van der Waals surface area contributed by atoms with Gasteiger partial charge in [0.15, 0.2) is 0 Å². The van der Waals surface area contributed by atoms with E-state index in [1.54, 1.807) is 0 Å². The molecule has 0 aliphatic heterocycles. The van der Waals surface area contributed by atoms with Crippen LogP contribution in [0.2, 0.25) is 0 Å². The molecule has 2 rings (SSSR count). The summed E-state index contributed by atoms with van der Waals surface area (Å²) in [5.41, 5.74) is 0.537. The number of aromatic amines is 2. The molecule has 1 saturated carbocycles. The van der Waals surface area contributed by atoms with E-state index in [2.05, 4.69) is 15.5 Å². The van der Waals surface area contributed by atoms with E-state index in [1.165, 1.54) is 6.07 Å². The molecule has 0 unspecified atom stereocenters. The molecule has 1 aromatic heterocycles. The zero-order valence-corrected chi connectivity index (χ0v) is 7.09. The highest BCUT2D eigenvalue weighted by molar-refractivity contribution is 5.80. The lowest BCUT2D eigenvalue weighted by Gasteiger charge is -2.00. The minimum absolute atomic E-state index is 0.0852. The predicted octanol–water partition coefficient (Wildman–Crippen LogP) is -0.271. The first-order valence-corrected chi connectivity index (χ1v) is 4.30. The number of H-pyrrole nitrogens is 2. The maximum atomic E-state index is 11.2. The smallest absolute Gasteiger partial charge is 0.264 e. The molecule has 1 aliphatic rings. The number of rotatable bonds is 3. The minimum Gasteiger partial charge on any atom is -0.350 e. The fourth-order valence-electron chi connectivity index (χ4n) is 1.14. The van der Waals surface area contributed by atoms with E-state index in [9.17, 15) is 9.59 Å². The number of nitrogens with one attached hydrogen (secondary N) is 3. The van der Waals surface area contributed by atoms with Gasteiger partial charge < -0.3 is 10.4 Å². The number of hydrogen-bond acceptors (Lipinski definition) is 2. The fourth-order valence-corrected chi connectivity index (χ4v) is 1.14. The Bertz CT molecular complexity index is 361. The van der Waals surface area contributed by atoms with Crippen molar-refractivity contribution >= 4 is 5.91 Å². The van der Waals surface area contributed by atoms with E-state index in [4.69, 9.17) is 0 Å². The molecule has 1 aromatic rings. The molecular formula is C8H11N3O2. The van der Waals surface area contributed by atoms with Crippen LogP contribution in [0.25, 0.3) is 0 Å². The number of aromatic nitrogens is 2. The standard InChI is InChI=1S/C8H11N3O2/c12-7-3-6(10-11-7)4-9-8(13)5-1-2-5/h3,5H,1-2,4H2,(H,9,13)(H2,10,11,12). The van der Waals surface area contributed by atoms with Gasteiger partial charge in [-0.2, -0.15) is 0 Å². The Balaban J connectivity index is 1.85. The van der Waals surface area contributed by atoms with Crippen molar-refractivity contribution in [2.75, 3.05) is 0 Å². The first kappa shape index (κ1) is 8.10. The van der Waals surface area contributed by atoms with E-state index >= 15 is 0 Å². The molecule has 1 fully saturated rings. The van der Waals surface area contributed by atoms with Crippen LogP contribution in [0, 0.1) is 5.92 Å². The quantitative estimate of drug-likeness (QED) is 0.600. The van der Waals surface area contributed by atoms with E-state index in [-0.39, 0.29) is 17.4 Å². The molecule has 0 atom stereocenters. The number of amides is 1. The lowest BCUT2D eigenvalue weighted by atomic mass is 10.3. The molecule has 0 saturated heterocycles. The van der Waals surface area contributed by atoms with Crippen LogP contribution in [-0.2, 0) is 11.3 Å². The van der Waals surface area contributed by atoms with Gasteiger partial charge in [-0.15, -0.1) is 0 Å². The second-order valence-corrected chi connectivity index (χ2v) is 3.28. The monoisotopic (exact) mass is 181 g/mol. The zero-order chi connectivity index (χ0) is 9.26. The van der Waals surface area contributed by atoms with Gasteiger partial charge >= 0.3 is 0 Å². The summed E-state index contributed by atoms with van der Waals surface area (Å²) in [5, 5.41) is 7.82. The summed E-state index contributed by atoms with van der Waals surface area (Å²) >= 11 is 0. The first-order valence-electron chi connectivity index (χ1n) is 4.30. The van der Waals surface area contributed by atoms with Crippen LogP contribution >= 0.6 is 0 Å². The van der Waals surface area contributed by atoms with E-state index in [0.29, 0.717) is 12.2 Å². The molecule has 1 heterocycles. The van der Waals surface area contributed by atoms with Gasteiger partial charge in [0.2, 0.25) is 5.91 Å². The summed E-state index contributed by atoms with van der Waals surface area (Å²) in [6.45, 7) is 0.397. The average Bonchev–Trinajstić information content (AvgIpc) is 2.87. The van der Waals surface area contributed by atoms with Crippen molar-refractivity contribution in [3.05, 3.63) is 22.1 Å². The maximum absolute atomic E-state index is 11.2. The third kappa shape index (κ3) is 1.99. The third-order valence-corrected chi connectivity index (χ3v) is 2.05. The van der Waals surface area contributed by atoms with Gasteiger partial charge in [0.25, 0.3) is 5.56 Å². The van der Waals surface area contributed by atoms with Gasteiger partial charge in [0.1, 0.15) is 0 Å². The van der Waals surface area contributed by atoms with Crippen molar-refractivity contribution in [1.29, 1.82) is 0 Å². The highest BCUT2D eigenvalue weighted by Crippen LogP contribution is 2.28. The SMILES string of the molecule is O=C(NCc1cc(=O)[nH][nH]1)C1CC1. The van der Waals surface area contributed by atoms with E-state index < -0.39 is 0 Å². The van der Waals surface area contributed by atoms with Crippen molar-refractivity contribution < 1.29 is 4.79 Å². The Labute approximate surface area is 74.5 Å². The lowest BCUT2D eigenvalue weighted by Crippen LogP contribution is -2.24. The molecule has 1 aliphatic carbocycles. The van der Waals surface area contributed by atoms with Gasteiger partial charge in [0.05, 0.1) is 12.2 Å². The molecule has 13 heavy (non-hydrogen) atoms. The van der Waals surface area contributed by atoms with Gasteiger partial charge in [0, 0.05) is 12.0 Å². The molecular weight excluding hydrogens is 170 g/mol. The second-order valence-electron chi connectivity index (χ2n) is 3.28. The van der Waals surface area contributed by atoms with Crippen LogP contribution in [0.1, 0.15) is 18.5 Å². The van der Waals surface area contributed by atoms with E-state index in [1.807, 2.05) is 0 Å². The molecule has 5 heteroatoms.